The van der Waals surface area contributed by atoms with Crippen molar-refractivity contribution >= 4 is 28.6 Å². The normalized spacial score (nSPS) is 18.4. The molecule has 3 heterocycles. The molecule has 2 atom stereocenters. The summed E-state index contributed by atoms with van der Waals surface area (Å²) in [4.78, 5) is 19.5. The first-order chi connectivity index (χ1) is 17.6. The molecule has 2 aromatic heterocycles. The molecule has 3 aromatic rings. The number of ether oxygens (including phenoxy) is 1. The number of aliphatic carboxylic acids is 1. The van der Waals surface area contributed by atoms with Gasteiger partial charge in [-0.2, -0.15) is 10.2 Å². The van der Waals surface area contributed by atoms with Gasteiger partial charge in [0.15, 0.2) is 0 Å². The second-order valence-corrected chi connectivity index (χ2v) is 10.7. The molecule has 4 rings (SSSR count). The number of hydrogen-bond donors (Lipinski definition) is 1. The predicted octanol–water partition coefficient (Wildman–Crippen LogP) is 5.34. The zero-order valence-electron chi connectivity index (χ0n) is 21.0. The van der Waals surface area contributed by atoms with E-state index >= 15 is 0 Å². The number of likely N-dealkylation sites (tertiary alicyclic amines) is 1. The molecule has 0 saturated carbocycles. The summed E-state index contributed by atoms with van der Waals surface area (Å²) in [7, 11) is 1.69. The molecule has 1 fully saturated rings. The summed E-state index contributed by atoms with van der Waals surface area (Å²) in [5.41, 5.74) is 2.31. The van der Waals surface area contributed by atoms with Gasteiger partial charge in [0.05, 0.1) is 25.0 Å². The number of benzene rings is 1. The van der Waals surface area contributed by atoms with Crippen LogP contribution in [0.5, 0.6) is 5.75 Å². The molecule has 36 heavy (non-hydrogen) atoms. The molecule has 0 amide bonds. The molecule has 1 saturated heterocycles. The lowest BCUT2D eigenvalue weighted by atomic mass is 9.79. The van der Waals surface area contributed by atoms with Crippen LogP contribution in [-0.4, -0.2) is 63.7 Å². The number of aromatic nitrogens is 3. The third-order valence-corrected chi connectivity index (χ3v) is 8.28. The molecule has 2 unspecified atom stereocenters. The monoisotopic (exact) mass is 508 g/mol. The number of fused-ring (bicyclic) bond motifs is 1. The topological polar surface area (TPSA) is 88.4 Å². The second kappa shape index (κ2) is 13.6. The number of carboxylic acid groups (broad SMARTS) is 1. The minimum absolute atomic E-state index is 0.259. The van der Waals surface area contributed by atoms with Crippen molar-refractivity contribution in [2.24, 2.45) is 11.8 Å². The van der Waals surface area contributed by atoms with E-state index in [2.05, 4.69) is 32.2 Å². The number of rotatable bonds is 13. The van der Waals surface area contributed by atoms with E-state index < -0.39 is 5.97 Å². The van der Waals surface area contributed by atoms with Gasteiger partial charge in [0.1, 0.15) is 5.75 Å². The maximum absolute atomic E-state index is 11.3. The average Bonchev–Trinajstić information content (AvgIpc) is 2.91. The Morgan fingerprint density at radius 2 is 2.06 bits per heavy atom. The van der Waals surface area contributed by atoms with Gasteiger partial charge in [-0.25, -0.2) is 0 Å². The maximum atomic E-state index is 11.3. The van der Waals surface area contributed by atoms with Crippen LogP contribution in [-0.2, 0) is 11.2 Å². The van der Waals surface area contributed by atoms with Crippen molar-refractivity contribution in [1.29, 1.82) is 0 Å². The van der Waals surface area contributed by atoms with Gasteiger partial charge < -0.3 is 14.7 Å². The Bertz CT molecular complexity index is 1110. The van der Waals surface area contributed by atoms with Crippen LogP contribution in [0.4, 0.5) is 0 Å². The Kier molecular flexibility index (Phi) is 9.93. The molecule has 0 spiro atoms. The third-order valence-electron chi connectivity index (χ3n) is 7.21. The lowest BCUT2D eigenvalue weighted by Gasteiger charge is -2.39. The van der Waals surface area contributed by atoms with Crippen molar-refractivity contribution in [1.82, 2.24) is 20.1 Å². The highest BCUT2D eigenvalue weighted by Crippen LogP contribution is 2.32. The largest absolute Gasteiger partial charge is 0.497 e. The maximum Gasteiger partial charge on any atom is 0.303 e. The fraction of sp³-hybridized carbons (Fsp3) is 0.500. The van der Waals surface area contributed by atoms with Crippen LogP contribution in [0.15, 0.2) is 53.8 Å². The Balaban J connectivity index is 1.28. The number of methoxy groups -OCH3 is 1. The number of carboxylic acids is 1. The van der Waals surface area contributed by atoms with Crippen molar-refractivity contribution in [3.63, 3.8) is 0 Å². The summed E-state index contributed by atoms with van der Waals surface area (Å²) in [6.07, 6.45) is 12.0. The molecule has 0 bridgehead atoms. The van der Waals surface area contributed by atoms with Gasteiger partial charge in [-0.05, 0) is 105 Å². The standard InChI is InChI=1S/C28H36N4O3S/c1-35-24-7-8-27-26(18-24)22(10-13-29-27)5-2-4-21-12-16-32(20-23(21)6-9-28(33)34)15-3-17-36-25-11-14-30-31-19-25/h7-8,10-11,13-14,18-19,21,23H,2-6,9,12,15-17,20H2,1H3,(H,33,34). The molecule has 1 N–H and O–H groups in total. The first kappa shape index (κ1) is 26.4. The molecule has 0 aliphatic carbocycles. The molecule has 7 nitrogen and oxygen atoms in total. The van der Waals surface area contributed by atoms with Crippen LogP contribution in [0.25, 0.3) is 10.9 Å². The van der Waals surface area contributed by atoms with Crippen LogP contribution in [0, 0.1) is 11.8 Å². The molecule has 0 radical (unpaired) electrons. The number of pyridine rings is 1. The van der Waals surface area contributed by atoms with Crippen LogP contribution in [0.3, 0.4) is 0 Å². The summed E-state index contributed by atoms with van der Waals surface area (Å²) in [6, 6.07) is 10.2. The summed E-state index contributed by atoms with van der Waals surface area (Å²) >= 11 is 1.82. The second-order valence-electron chi connectivity index (χ2n) is 9.57. The zero-order valence-corrected chi connectivity index (χ0v) is 21.8. The zero-order chi connectivity index (χ0) is 25.2. The van der Waals surface area contributed by atoms with Gasteiger partial charge >= 0.3 is 5.97 Å². The first-order valence-electron chi connectivity index (χ1n) is 12.9. The Morgan fingerprint density at radius 1 is 1.14 bits per heavy atom. The van der Waals surface area contributed by atoms with Gasteiger partial charge in [0.25, 0.3) is 0 Å². The number of piperidine rings is 1. The fourth-order valence-electron chi connectivity index (χ4n) is 5.30. The lowest BCUT2D eigenvalue weighted by Crippen LogP contribution is -2.41. The fourth-order valence-corrected chi connectivity index (χ4v) is 6.09. The molecule has 192 valence electrons. The van der Waals surface area contributed by atoms with E-state index in [0.29, 0.717) is 11.8 Å². The molecular formula is C28H36N4O3S. The first-order valence-corrected chi connectivity index (χ1v) is 13.9. The number of aryl methyl sites for hydroxylation is 1. The van der Waals surface area contributed by atoms with Crippen LogP contribution >= 0.6 is 11.8 Å². The molecule has 1 aliphatic rings. The average molecular weight is 509 g/mol. The summed E-state index contributed by atoms with van der Waals surface area (Å²) in [5.74, 6) is 2.25. The van der Waals surface area contributed by atoms with Crippen molar-refractivity contribution in [3.8, 4) is 5.75 Å². The van der Waals surface area contributed by atoms with E-state index in [1.165, 1.54) is 5.56 Å². The Hall–Kier alpha value is -2.71. The van der Waals surface area contributed by atoms with Gasteiger partial charge in [0.2, 0.25) is 0 Å². The lowest BCUT2D eigenvalue weighted by molar-refractivity contribution is -0.137. The van der Waals surface area contributed by atoms with E-state index in [-0.39, 0.29) is 6.42 Å². The molecular weight excluding hydrogens is 472 g/mol. The van der Waals surface area contributed by atoms with Crippen molar-refractivity contribution < 1.29 is 14.6 Å². The molecule has 1 aliphatic heterocycles. The Morgan fingerprint density at radius 3 is 2.86 bits per heavy atom. The van der Waals surface area contributed by atoms with Gasteiger partial charge in [-0.1, -0.05) is 0 Å². The van der Waals surface area contributed by atoms with Crippen LogP contribution in [0.2, 0.25) is 0 Å². The summed E-state index contributed by atoms with van der Waals surface area (Å²) < 4.78 is 5.42. The van der Waals surface area contributed by atoms with Gasteiger partial charge in [-0.15, -0.1) is 11.8 Å². The van der Waals surface area contributed by atoms with E-state index in [0.717, 1.165) is 85.5 Å². The number of hydrogen-bond acceptors (Lipinski definition) is 7. The van der Waals surface area contributed by atoms with E-state index in [1.54, 1.807) is 13.3 Å². The van der Waals surface area contributed by atoms with Crippen molar-refractivity contribution in [3.05, 3.63) is 54.5 Å². The SMILES string of the molecule is COc1ccc2nccc(CCCC3CCN(CCCSc4ccnnc4)CC3CCC(=O)O)c2c1. The van der Waals surface area contributed by atoms with E-state index in [9.17, 15) is 9.90 Å². The van der Waals surface area contributed by atoms with Gasteiger partial charge in [0, 0.05) is 29.4 Å². The van der Waals surface area contributed by atoms with Crippen LogP contribution in [0.1, 0.15) is 44.1 Å². The van der Waals surface area contributed by atoms with Gasteiger partial charge in [-0.3, -0.25) is 9.78 Å². The molecule has 8 heteroatoms. The number of nitrogens with zero attached hydrogens (tertiary/aromatic N) is 4. The minimum Gasteiger partial charge on any atom is -0.497 e. The van der Waals surface area contributed by atoms with Crippen molar-refractivity contribution in [2.75, 3.05) is 32.5 Å². The summed E-state index contributed by atoms with van der Waals surface area (Å²) in [5, 5.41) is 18.2. The van der Waals surface area contributed by atoms with E-state index in [4.69, 9.17) is 4.74 Å². The highest BCUT2D eigenvalue weighted by atomic mass is 32.2. The number of carbonyl (C=O) groups is 1. The van der Waals surface area contributed by atoms with Crippen molar-refractivity contribution in [2.45, 2.75) is 49.8 Å². The Labute approximate surface area is 217 Å². The quantitative estimate of drug-likeness (QED) is 0.244. The van der Waals surface area contributed by atoms with E-state index in [1.807, 2.05) is 42.4 Å². The third kappa shape index (κ3) is 7.64. The predicted molar refractivity (Wildman–Crippen MR) is 144 cm³/mol. The highest BCUT2D eigenvalue weighted by Gasteiger charge is 2.29. The summed E-state index contributed by atoms with van der Waals surface area (Å²) in [6.45, 7) is 3.17. The van der Waals surface area contributed by atoms with Crippen LogP contribution < -0.4 is 4.74 Å². The molecule has 1 aromatic carbocycles. The highest BCUT2D eigenvalue weighted by molar-refractivity contribution is 7.99. The smallest absolute Gasteiger partial charge is 0.303 e. The number of thioether (sulfide) groups is 1. The minimum atomic E-state index is -0.689.